The minimum Gasteiger partial charge on any atom is -0.313 e. The highest BCUT2D eigenvalue weighted by molar-refractivity contribution is 7.99. The lowest BCUT2D eigenvalue weighted by atomic mass is 10.2. The number of thioether (sulfide) groups is 1. The molecule has 2 rings (SSSR count). The van der Waals surface area contributed by atoms with Gasteiger partial charge in [-0.15, -0.1) is 0 Å². The predicted octanol–water partition coefficient (Wildman–Crippen LogP) is 2.10. The monoisotopic (exact) mass is 223 g/mol. The Labute approximate surface area is 95.1 Å². The third kappa shape index (κ3) is 2.92. The van der Waals surface area contributed by atoms with E-state index in [1.54, 1.807) is 0 Å². The van der Waals surface area contributed by atoms with Crippen LogP contribution in [-0.4, -0.2) is 27.8 Å². The van der Waals surface area contributed by atoms with Gasteiger partial charge in [0.05, 0.1) is 0 Å². The van der Waals surface area contributed by atoms with E-state index in [4.69, 9.17) is 0 Å². The van der Waals surface area contributed by atoms with Crippen molar-refractivity contribution < 1.29 is 0 Å². The Morgan fingerprint density at radius 2 is 2.20 bits per heavy atom. The van der Waals surface area contributed by atoms with Crippen molar-refractivity contribution in [3.05, 3.63) is 18.5 Å². The van der Waals surface area contributed by atoms with Crippen molar-refractivity contribution in [2.24, 2.45) is 0 Å². The highest BCUT2D eigenvalue weighted by Gasteiger charge is 2.27. The zero-order valence-corrected chi connectivity index (χ0v) is 9.83. The summed E-state index contributed by atoms with van der Waals surface area (Å²) in [7, 11) is 0. The number of hydrogen-bond acceptors (Lipinski definition) is 4. The molecule has 15 heavy (non-hydrogen) atoms. The van der Waals surface area contributed by atoms with Crippen molar-refractivity contribution in [2.45, 2.75) is 42.6 Å². The third-order valence-electron chi connectivity index (χ3n) is 2.72. The summed E-state index contributed by atoms with van der Waals surface area (Å²) in [5, 5.41) is 5.09. The van der Waals surface area contributed by atoms with E-state index in [0.29, 0.717) is 11.3 Å². The molecule has 0 aliphatic heterocycles. The molecule has 0 spiro atoms. The van der Waals surface area contributed by atoms with Gasteiger partial charge in [0.15, 0.2) is 5.16 Å². The molecule has 2 atom stereocenters. The molecule has 1 fully saturated rings. The standard InChI is InChI=1S/C11H17N3S/c1-2-12-9-5-3-6-10(9)15-11-13-7-4-8-14-11/h4,7-10,12H,2-3,5-6H2,1H3. The SMILES string of the molecule is CCNC1CCCC1Sc1ncccn1. The van der Waals surface area contributed by atoms with Crippen LogP contribution in [0.2, 0.25) is 0 Å². The van der Waals surface area contributed by atoms with Crippen LogP contribution >= 0.6 is 11.8 Å². The number of aromatic nitrogens is 2. The number of rotatable bonds is 4. The van der Waals surface area contributed by atoms with E-state index < -0.39 is 0 Å². The molecule has 1 saturated carbocycles. The van der Waals surface area contributed by atoms with Crippen LogP contribution in [0.3, 0.4) is 0 Å². The lowest BCUT2D eigenvalue weighted by Gasteiger charge is -2.18. The summed E-state index contributed by atoms with van der Waals surface area (Å²) in [5.41, 5.74) is 0. The summed E-state index contributed by atoms with van der Waals surface area (Å²) < 4.78 is 0. The number of nitrogens with zero attached hydrogens (tertiary/aromatic N) is 2. The van der Waals surface area contributed by atoms with Crippen LogP contribution in [0.5, 0.6) is 0 Å². The van der Waals surface area contributed by atoms with Crippen LogP contribution < -0.4 is 5.32 Å². The molecule has 2 unspecified atom stereocenters. The second-order valence-electron chi connectivity index (χ2n) is 3.78. The van der Waals surface area contributed by atoms with Gasteiger partial charge >= 0.3 is 0 Å². The van der Waals surface area contributed by atoms with Crippen LogP contribution in [0.1, 0.15) is 26.2 Å². The first-order valence-electron chi connectivity index (χ1n) is 5.57. The van der Waals surface area contributed by atoms with Crippen LogP contribution in [0.15, 0.2) is 23.6 Å². The Balaban J connectivity index is 1.93. The summed E-state index contributed by atoms with van der Waals surface area (Å²) in [4.78, 5) is 8.52. The van der Waals surface area contributed by atoms with Crippen molar-refractivity contribution in [1.82, 2.24) is 15.3 Å². The molecule has 0 radical (unpaired) electrons. The van der Waals surface area contributed by atoms with Gasteiger partial charge < -0.3 is 5.32 Å². The summed E-state index contributed by atoms with van der Waals surface area (Å²) in [6.45, 7) is 3.22. The molecule has 0 saturated heterocycles. The molecule has 4 heteroatoms. The van der Waals surface area contributed by atoms with Crippen LogP contribution in [-0.2, 0) is 0 Å². The van der Waals surface area contributed by atoms with E-state index >= 15 is 0 Å². The Hall–Kier alpha value is -0.610. The third-order valence-corrected chi connectivity index (χ3v) is 4.01. The van der Waals surface area contributed by atoms with Gasteiger partial charge in [-0.25, -0.2) is 9.97 Å². The molecule has 1 N–H and O–H groups in total. The fraction of sp³-hybridized carbons (Fsp3) is 0.636. The molecule has 1 heterocycles. The van der Waals surface area contributed by atoms with E-state index in [1.807, 2.05) is 30.2 Å². The Kier molecular flexibility index (Phi) is 3.97. The molecule has 1 aromatic rings. The number of hydrogen-bond donors (Lipinski definition) is 1. The first-order chi connectivity index (χ1) is 7.40. The van der Waals surface area contributed by atoms with Gasteiger partial charge in [-0.3, -0.25) is 0 Å². The zero-order chi connectivity index (χ0) is 10.5. The molecule has 1 aromatic heterocycles. The van der Waals surface area contributed by atoms with Gasteiger partial charge in [0.2, 0.25) is 0 Å². The van der Waals surface area contributed by atoms with E-state index in [2.05, 4.69) is 22.2 Å². The molecule has 82 valence electrons. The zero-order valence-electron chi connectivity index (χ0n) is 9.02. The fourth-order valence-electron chi connectivity index (χ4n) is 2.04. The summed E-state index contributed by atoms with van der Waals surface area (Å²) >= 11 is 1.81. The summed E-state index contributed by atoms with van der Waals surface area (Å²) in [6, 6.07) is 2.50. The summed E-state index contributed by atoms with van der Waals surface area (Å²) in [6.07, 6.45) is 7.51. The van der Waals surface area contributed by atoms with E-state index in [0.717, 1.165) is 11.7 Å². The lowest BCUT2D eigenvalue weighted by molar-refractivity contribution is 0.550. The maximum Gasteiger partial charge on any atom is 0.187 e. The largest absolute Gasteiger partial charge is 0.313 e. The molecule has 0 bridgehead atoms. The molecular weight excluding hydrogens is 206 g/mol. The van der Waals surface area contributed by atoms with Crippen molar-refractivity contribution >= 4 is 11.8 Å². The molecule has 0 amide bonds. The quantitative estimate of drug-likeness (QED) is 0.793. The highest BCUT2D eigenvalue weighted by Crippen LogP contribution is 2.33. The maximum absolute atomic E-state index is 4.26. The number of nitrogens with one attached hydrogen (secondary N) is 1. The molecule has 1 aliphatic carbocycles. The van der Waals surface area contributed by atoms with Crippen molar-refractivity contribution in [3.8, 4) is 0 Å². The lowest BCUT2D eigenvalue weighted by Crippen LogP contribution is -2.33. The molecule has 3 nitrogen and oxygen atoms in total. The second-order valence-corrected chi connectivity index (χ2v) is 4.99. The fourth-order valence-corrected chi connectivity index (χ4v) is 3.24. The maximum atomic E-state index is 4.26. The smallest absolute Gasteiger partial charge is 0.187 e. The topological polar surface area (TPSA) is 37.8 Å². The second kappa shape index (κ2) is 5.47. The minimum atomic E-state index is 0.642. The van der Waals surface area contributed by atoms with Gasteiger partial charge in [-0.1, -0.05) is 25.1 Å². The predicted molar refractivity (Wildman–Crippen MR) is 63.0 cm³/mol. The Morgan fingerprint density at radius 1 is 1.40 bits per heavy atom. The van der Waals surface area contributed by atoms with Gasteiger partial charge in [-0.2, -0.15) is 0 Å². The van der Waals surface area contributed by atoms with E-state index in [-0.39, 0.29) is 0 Å². The van der Waals surface area contributed by atoms with Gasteiger partial charge in [-0.05, 0) is 25.5 Å². The molecule has 0 aromatic carbocycles. The van der Waals surface area contributed by atoms with Crippen LogP contribution in [0.25, 0.3) is 0 Å². The average molecular weight is 223 g/mol. The normalized spacial score (nSPS) is 25.7. The first-order valence-corrected chi connectivity index (χ1v) is 6.45. The first kappa shape index (κ1) is 10.9. The minimum absolute atomic E-state index is 0.642. The van der Waals surface area contributed by atoms with Gasteiger partial charge in [0.1, 0.15) is 0 Å². The Morgan fingerprint density at radius 3 is 2.93 bits per heavy atom. The van der Waals surface area contributed by atoms with Gasteiger partial charge in [0.25, 0.3) is 0 Å². The van der Waals surface area contributed by atoms with Crippen molar-refractivity contribution in [1.29, 1.82) is 0 Å². The highest BCUT2D eigenvalue weighted by atomic mass is 32.2. The van der Waals surface area contributed by atoms with Crippen molar-refractivity contribution in [2.75, 3.05) is 6.54 Å². The van der Waals surface area contributed by atoms with Crippen LogP contribution in [0, 0.1) is 0 Å². The van der Waals surface area contributed by atoms with Gasteiger partial charge in [0, 0.05) is 23.7 Å². The Bertz CT molecular complexity index is 291. The van der Waals surface area contributed by atoms with Crippen LogP contribution in [0.4, 0.5) is 0 Å². The summed E-state index contributed by atoms with van der Waals surface area (Å²) in [5.74, 6) is 0. The average Bonchev–Trinajstić information content (AvgIpc) is 2.68. The van der Waals surface area contributed by atoms with Crippen molar-refractivity contribution in [3.63, 3.8) is 0 Å². The molecular formula is C11H17N3S. The van der Waals surface area contributed by atoms with E-state index in [9.17, 15) is 0 Å². The molecule has 1 aliphatic rings. The van der Waals surface area contributed by atoms with E-state index in [1.165, 1.54) is 19.3 Å².